The Kier molecular flexibility index (Phi) is 34.0. The maximum absolute atomic E-state index is 13.6. The van der Waals surface area contributed by atoms with Crippen molar-refractivity contribution < 1.29 is 72.4 Å². The number of aromatic nitrogens is 2. The third-order valence-electron chi connectivity index (χ3n) is 13.6. The number of carboxylic acids is 2. The molecule has 0 fully saturated rings. The second-order valence-corrected chi connectivity index (χ2v) is 22.2. The third-order valence-corrected chi connectivity index (χ3v) is 13.6. The number of amides is 5. The molecule has 12 N–H and O–H groups in total. The van der Waals surface area contributed by atoms with Crippen LogP contribution in [0.2, 0.25) is 0 Å². The Balaban J connectivity index is 2.32. The Hall–Kier alpha value is -5.98. The second kappa shape index (κ2) is 37.8. The SMILES string of the molecule is CCCCCCCCCCCC(=O)N[C@@H](CCC(=O)N[C@@H](CCC(=O)CNCOCCOCC(=O)NCCCC[C@H](CC(=O)C(C)(C)CC(=O)C(C)(C)CC(=O)C(C)(C)NC(=O)[C@@H](N)Cc1cnc[nH]1)C(N)=O)C(=O)O)C(=O)O. The Bertz CT molecular complexity index is 2110. The standard InChI is InChI=1S/C55H93N9O15/c1-8-9-10-11-12-13-14-15-16-20-46(69)62-42(52(76)77)23-24-47(70)63-41(51(74)75)22-21-39(65)33-59-36-79-27-26-78-34-48(71)60-25-18-17-19-37(49(57)72)28-43(66)53(2,3)30-44(67)54(4,5)31-45(68)55(6,7)64-50(73)40(56)29-38-32-58-35-61-38/h32,35,37,40-42,59H,8-31,33-34,36,56H2,1-7H3,(H2,57,72)(H,58,61)(H,60,71)(H,62,69)(H,63,70)(H,64,73)(H,74,75)(H,76,77)/t37-,40+,41+,42+/m1/s1. The first kappa shape index (κ1) is 71.0. The van der Waals surface area contributed by atoms with Crippen molar-refractivity contribution >= 4 is 64.6 Å². The fourth-order valence-corrected chi connectivity index (χ4v) is 8.23. The minimum absolute atomic E-state index is 0.0512. The van der Waals surface area contributed by atoms with E-state index in [2.05, 4.69) is 43.5 Å². The predicted octanol–water partition coefficient (Wildman–Crippen LogP) is 3.26. The minimum atomic E-state index is -1.39. The number of ketones is 4. The minimum Gasteiger partial charge on any atom is -0.480 e. The highest BCUT2D eigenvalue weighted by atomic mass is 16.5. The summed E-state index contributed by atoms with van der Waals surface area (Å²) in [5, 5.41) is 32.1. The molecule has 1 rings (SSSR count). The molecule has 0 saturated carbocycles. The van der Waals surface area contributed by atoms with Gasteiger partial charge in [-0.15, -0.1) is 0 Å². The molecule has 5 amide bonds. The largest absolute Gasteiger partial charge is 0.480 e. The van der Waals surface area contributed by atoms with Crippen LogP contribution >= 0.6 is 0 Å². The summed E-state index contributed by atoms with van der Waals surface area (Å²) in [6.45, 7) is 11.6. The average Bonchev–Trinajstić information content (AvgIpc) is 3.88. The average molecular weight is 1120 g/mol. The number of rotatable bonds is 48. The summed E-state index contributed by atoms with van der Waals surface area (Å²) in [7, 11) is 0. The van der Waals surface area contributed by atoms with Gasteiger partial charge in [0.25, 0.3) is 0 Å². The van der Waals surface area contributed by atoms with Crippen LogP contribution in [0.4, 0.5) is 0 Å². The second-order valence-electron chi connectivity index (χ2n) is 22.2. The number of unbranched alkanes of at least 4 members (excludes halogenated alkanes) is 9. The van der Waals surface area contributed by atoms with Gasteiger partial charge in [-0.2, -0.15) is 0 Å². The molecule has 1 aromatic heterocycles. The molecule has 1 aromatic rings. The van der Waals surface area contributed by atoms with E-state index in [4.69, 9.17) is 20.9 Å². The zero-order valence-corrected chi connectivity index (χ0v) is 47.9. The Morgan fingerprint density at radius 3 is 1.81 bits per heavy atom. The topological polar surface area (TPSA) is 388 Å². The Morgan fingerprint density at radius 2 is 1.23 bits per heavy atom. The number of imidazole rings is 1. The van der Waals surface area contributed by atoms with E-state index >= 15 is 0 Å². The number of carbonyl (C=O) groups excluding carboxylic acids is 9. The van der Waals surface area contributed by atoms with Gasteiger partial charge in [0.15, 0.2) is 5.78 Å². The van der Waals surface area contributed by atoms with Gasteiger partial charge in [-0.05, 0) is 46.0 Å². The third kappa shape index (κ3) is 31.4. The van der Waals surface area contributed by atoms with Crippen molar-refractivity contribution in [3.05, 3.63) is 18.2 Å². The first-order valence-electron chi connectivity index (χ1n) is 27.7. The molecule has 0 unspecified atom stereocenters. The molecule has 0 aliphatic carbocycles. The van der Waals surface area contributed by atoms with Crippen LogP contribution in [-0.4, -0.2) is 148 Å². The lowest BCUT2D eigenvalue weighted by Gasteiger charge is -2.33. The smallest absolute Gasteiger partial charge is 0.326 e. The highest BCUT2D eigenvalue weighted by molar-refractivity contribution is 5.99. The zero-order valence-electron chi connectivity index (χ0n) is 47.9. The number of hydrogen-bond acceptors (Lipinski definition) is 16. The summed E-state index contributed by atoms with van der Waals surface area (Å²) in [4.78, 5) is 145. The number of H-pyrrole nitrogens is 1. The maximum Gasteiger partial charge on any atom is 0.326 e. The van der Waals surface area contributed by atoms with Crippen LogP contribution in [0.5, 0.6) is 0 Å². The van der Waals surface area contributed by atoms with E-state index in [1.807, 2.05) is 0 Å². The van der Waals surface area contributed by atoms with Gasteiger partial charge in [-0.3, -0.25) is 48.5 Å². The molecule has 24 nitrogen and oxygen atoms in total. The fraction of sp³-hybridized carbons (Fsp3) is 0.745. The predicted molar refractivity (Wildman–Crippen MR) is 293 cm³/mol. The van der Waals surface area contributed by atoms with Gasteiger partial charge in [0.05, 0.1) is 44.4 Å². The van der Waals surface area contributed by atoms with Gasteiger partial charge in [0.2, 0.25) is 29.5 Å². The van der Waals surface area contributed by atoms with Gasteiger partial charge in [0.1, 0.15) is 36.0 Å². The van der Waals surface area contributed by atoms with Gasteiger partial charge >= 0.3 is 11.9 Å². The normalized spacial score (nSPS) is 13.3. The number of nitrogens with zero attached hydrogens (tertiary/aromatic N) is 1. The van der Waals surface area contributed by atoms with Gasteiger partial charge in [-0.25, -0.2) is 14.6 Å². The van der Waals surface area contributed by atoms with Crippen LogP contribution in [0.15, 0.2) is 12.5 Å². The molecule has 0 aliphatic heterocycles. The molecule has 79 heavy (non-hydrogen) atoms. The number of aliphatic carboxylic acids is 2. The fourth-order valence-electron chi connectivity index (χ4n) is 8.23. The van der Waals surface area contributed by atoms with Gasteiger partial charge in [0, 0.05) is 80.1 Å². The van der Waals surface area contributed by atoms with Crippen molar-refractivity contribution in [1.82, 2.24) is 36.6 Å². The number of carboxylic acid groups (broad SMARTS) is 2. The molecule has 0 bridgehead atoms. The van der Waals surface area contributed by atoms with Crippen molar-refractivity contribution in [3.8, 4) is 0 Å². The van der Waals surface area contributed by atoms with Crippen molar-refractivity contribution in [1.29, 1.82) is 0 Å². The Labute approximate surface area is 465 Å². The summed E-state index contributed by atoms with van der Waals surface area (Å²) < 4.78 is 10.7. The molecule has 24 heteroatoms. The van der Waals surface area contributed by atoms with E-state index in [9.17, 15) is 63.0 Å². The number of nitrogens with one attached hydrogen (secondary N) is 6. The summed E-state index contributed by atoms with van der Waals surface area (Å²) >= 11 is 0. The van der Waals surface area contributed by atoms with Crippen LogP contribution in [0.3, 0.4) is 0 Å². The summed E-state index contributed by atoms with van der Waals surface area (Å²) in [6.07, 6.45) is 12.5. The maximum atomic E-state index is 13.6. The zero-order chi connectivity index (χ0) is 59.6. The number of nitrogens with two attached hydrogens (primary N) is 2. The molecule has 0 aromatic carbocycles. The Morgan fingerprint density at radius 1 is 0.671 bits per heavy atom. The quantitative estimate of drug-likeness (QED) is 0.0331. The lowest BCUT2D eigenvalue weighted by Crippen LogP contribution is -2.56. The van der Waals surface area contributed by atoms with E-state index in [-0.39, 0.29) is 121 Å². The number of carbonyl (C=O) groups is 11. The van der Waals surface area contributed by atoms with Crippen LogP contribution in [0.1, 0.15) is 183 Å². The first-order chi connectivity index (χ1) is 37.1. The van der Waals surface area contributed by atoms with Crippen molar-refractivity contribution in [2.45, 2.75) is 207 Å². The summed E-state index contributed by atoms with van der Waals surface area (Å²) in [5.74, 6) is -7.70. The highest BCUT2D eigenvalue weighted by Crippen LogP contribution is 2.34. The van der Waals surface area contributed by atoms with E-state index in [1.165, 1.54) is 45.9 Å². The van der Waals surface area contributed by atoms with Crippen LogP contribution in [0, 0.1) is 16.7 Å². The van der Waals surface area contributed by atoms with E-state index in [1.54, 1.807) is 33.9 Å². The van der Waals surface area contributed by atoms with E-state index < -0.39 is 87.7 Å². The number of Topliss-reactive ketones (excluding diaryl/α,β-unsaturated/α-hetero) is 4. The molecular formula is C55H93N9O15. The molecule has 4 atom stereocenters. The molecular weight excluding hydrogens is 1030 g/mol. The molecule has 0 saturated heterocycles. The van der Waals surface area contributed by atoms with E-state index in [0.717, 1.165) is 25.7 Å². The summed E-state index contributed by atoms with van der Waals surface area (Å²) in [6, 6.07) is -3.65. The number of hydrogen-bond donors (Lipinski definition) is 10. The molecule has 0 radical (unpaired) electrons. The molecule has 1 heterocycles. The lowest BCUT2D eigenvalue weighted by molar-refractivity contribution is -0.143. The number of primary amides is 1. The first-order valence-corrected chi connectivity index (χ1v) is 27.7. The van der Waals surface area contributed by atoms with Crippen molar-refractivity contribution in [2.75, 3.05) is 39.6 Å². The molecule has 448 valence electrons. The van der Waals surface area contributed by atoms with Crippen LogP contribution < -0.4 is 38.1 Å². The van der Waals surface area contributed by atoms with Gasteiger partial charge < -0.3 is 57.4 Å². The lowest BCUT2D eigenvalue weighted by atomic mass is 9.71. The van der Waals surface area contributed by atoms with Crippen molar-refractivity contribution in [2.24, 2.45) is 28.2 Å². The number of ether oxygens (including phenoxy) is 2. The number of aromatic amines is 1. The molecule has 0 spiro atoms. The van der Waals surface area contributed by atoms with Crippen LogP contribution in [0.25, 0.3) is 0 Å². The van der Waals surface area contributed by atoms with Gasteiger partial charge in [-0.1, -0.05) is 92.4 Å². The van der Waals surface area contributed by atoms with Crippen LogP contribution in [-0.2, 0) is 68.6 Å². The van der Waals surface area contributed by atoms with E-state index in [0.29, 0.717) is 25.0 Å². The highest BCUT2D eigenvalue weighted by Gasteiger charge is 2.41. The van der Waals surface area contributed by atoms with Crippen molar-refractivity contribution in [3.63, 3.8) is 0 Å². The molecule has 0 aliphatic rings. The monoisotopic (exact) mass is 1120 g/mol. The summed E-state index contributed by atoms with van der Waals surface area (Å²) in [5.41, 5.74) is 8.64.